The molecule has 4 aromatic carbocycles. The third kappa shape index (κ3) is 4.70. The lowest BCUT2D eigenvalue weighted by atomic mass is 9.90. The van der Waals surface area contributed by atoms with Gasteiger partial charge < -0.3 is 9.13 Å². The molecule has 2 heteroatoms. The number of rotatable bonds is 5. The zero-order chi connectivity index (χ0) is 33.0. The third-order valence-corrected chi connectivity index (χ3v) is 11.2. The van der Waals surface area contributed by atoms with E-state index in [4.69, 9.17) is 0 Å². The van der Waals surface area contributed by atoms with Gasteiger partial charge in [0.1, 0.15) is 0 Å². The van der Waals surface area contributed by atoms with Gasteiger partial charge in [-0.05, 0) is 121 Å². The second-order valence-corrected chi connectivity index (χ2v) is 14.1. The molecule has 0 saturated carbocycles. The Morgan fingerprint density at radius 2 is 1.10 bits per heavy atom. The van der Waals surface area contributed by atoms with Crippen LogP contribution in [0.5, 0.6) is 0 Å². The highest BCUT2D eigenvalue weighted by molar-refractivity contribution is 6.22. The van der Waals surface area contributed by atoms with Gasteiger partial charge in [-0.2, -0.15) is 0 Å². The van der Waals surface area contributed by atoms with Gasteiger partial charge >= 0.3 is 0 Å². The van der Waals surface area contributed by atoms with E-state index in [0.29, 0.717) is 0 Å². The molecule has 6 aromatic rings. The lowest BCUT2D eigenvalue weighted by molar-refractivity contribution is 0.885. The first-order chi connectivity index (χ1) is 24.8. The van der Waals surface area contributed by atoms with Crippen molar-refractivity contribution >= 4 is 55.0 Å². The number of para-hydroxylation sites is 2. The van der Waals surface area contributed by atoms with Gasteiger partial charge in [0, 0.05) is 32.9 Å². The molecular formula is C48H40N2. The van der Waals surface area contributed by atoms with Crippen LogP contribution in [0.1, 0.15) is 51.4 Å². The molecule has 0 bridgehead atoms. The van der Waals surface area contributed by atoms with E-state index in [0.717, 1.165) is 51.4 Å². The average molecular weight is 645 g/mol. The van der Waals surface area contributed by atoms with Gasteiger partial charge in [0.25, 0.3) is 0 Å². The maximum Gasteiger partial charge on any atom is 0.0544 e. The molecule has 2 heterocycles. The molecule has 0 atom stereocenters. The summed E-state index contributed by atoms with van der Waals surface area (Å²) in [5, 5.41) is 5.29. The van der Waals surface area contributed by atoms with Gasteiger partial charge in [-0.15, -0.1) is 0 Å². The minimum atomic E-state index is 1.03. The highest BCUT2D eigenvalue weighted by Gasteiger charge is 2.23. The molecule has 0 unspecified atom stereocenters. The molecule has 0 aliphatic heterocycles. The van der Waals surface area contributed by atoms with Crippen LogP contribution in [0, 0.1) is 0 Å². The van der Waals surface area contributed by atoms with Crippen molar-refractivity contribution in [1.82, 2.24) is 9.13 Å². The normalized spacial score (nSPS) is 17.9. The largest absolute Gasteiger partial charge is 0.313 e. The molecule has 4 aliphatic carbocycles. The first-order valence-electron chi connectivity index (χ1n) is 18.4. The molecular weight excluding hydrogens is 605 g/mol. The molecule has 2 aromatic heterocycles. The van der Waals surface area contributed by atoms with E-state index in [9.17, 15) is 0 Å². The first kappa shape index (κ1) is 29.3. The average Bonchev–Trinajstić information content (AvgIpc) is 3.72. The van der Waals surface area contributed by atoms with Crippen LogP contribution in [-0.4, -0.2) is 9.13 Å². The van der Waals surface area contributed by atoms with Gasteiger partial charge in [0.2, 0.25) is 0 Å². The number of hydrogen-bond acceptors (Lipinski definition) is 0. The highest BCUT2D eigenvalue weighted by Crippen LogP contribution is 2.45. The van der Waals surface area contributed by atoms with Crippen LogP contribution >= 0.6 is 0 Å². The fourth-order valence-corrected chi connectivity index (χ4v) is 8.95. The molecule has 0 saturated heterocycles. The van der Waals surface area contributed by atoms with Crippen molar-refractivity contribution in [3.05, 3.63) is 168 Å². The van der Waals surface area contributed by atoms with E-state index in [1.54, 1.807) is 0 Å². The Hall–Kier alpha value is -5.60. The molecule has 50 heavy (non-hydrogen) atoms. The number of benzene rings is 4. The highest BCUT2D eigenvalue weighted by atomic mass is 15.0. The fraction of sp³-hybridized carbons (Fsp3) is 0.167. The van der Waals surface area contributed by atoms with Crippen molar-refractivity contribution in [3.8, 4) is 11.1 Å². The van der Waals surface area contributed by atoms with Gasteiger partial charge in [-0.3, -0.25) is 0 Å². The molecule has 242 valence electrons. The third-order valence-electron chi connectivity index (χ3n) is 11.2. The van der Waals surface area contributed by atoms with Crippen molar-refractivity contribution in [3.63, 3.8) is 0 Å². The van der Waals surface area contributed by atoms with E-state index in [2.05, 4.69) is 155 Å². The predicted octanol–water partition coefficient (Wildman–Crippen LogP) is 13.2. The van der Waals surface area contributed by atoms with Crippen LogP contribution in [0.15, 0.2) is 168 Å². The zero-order valence-corrected chi connectivity index (χ0v) is 28.4. The summed E-state index contributed by atoms with van der Waals surface area (Å²) in [6.07, 6.45) is 32.2. The Morgan fingerprint density at radius 1 is 0.440 bits per heavy atom. The number of hydrogen-bond donors (Lipinski definition) is 0. The molecule has 0 radical (unpaired) electrons. The van der Waals surface area contributed by atoms with Gasteiger partial charge in [-0.1, -0.05) is 109 Å². The summed E-state index contributed by atoms with van der Waals surface area (Å²) in [6, 6.07) is 31.9. The van der Waals surface area contributed by atoms with Crippen LogP contribution in [0.25, 0.3) is 66.1 Å². The van der Waals surface area contributed by atoms with Crippen LogP contribution in [0.3, 0.4) is 0 Å². The van der Waals surface area contributed by atoms with Crippen molar-refractivity contribution < 1.29 is 0 Å². The summed E-state index contributed by atoms with van der Waals surface area (Å²) in [6.45, 7) is 0. The van der Waals surface area contributed by atoms with E-state index in [-0.39, 0.29) is 0 Å². The predicted molar refractivity (Wildman–Crippen MR) is 214 cm³/mol. The van der Waals surface area contributed by atoms with Crippen molar-refractivity contribution in [2.75, 3.05) is 0 Å². The molecule has 4 aliphatic rings. The summed E-state index contributed by atoms with van der Waals surface area (Å²) >= 11 is 0. The molecule has 0 fully saturated rings. The van der Waals surface area contributed by atoms with Crippen LogP contribution in [-0.2, 0) is 0 Å². The van der Waals surface area contributed by atoms with E-state index in [1.165, 1.54) is 88.4 Å². The van der Waals surface area contributed by atoms with Crippen LogP contribution in [0.4, 0.5) is 0 Å². The first-order valence-corrected chi connectivity index (χ1v) is 18.4. The number of aromatic nitrogens is 2. The topological polar surface area (TPSA) is 9.86 Å². The zero-order valence-electron chi connectivity index (χ0n) is 28.4. The van der Waals surface area contributed by atoms with Crippen molar-refractivity contribution in [2.24, 2.45) is 0 Å². The summed E-state index contributed by atoms with van der Waals surface area (Å²) in [4.78, 5) is 0. The Bertz CT molecular complexity index is 2630. The Morgan fingerprint density at radius 3 is 1.74 bits per heavy atom. The smallest absolute Gasteiger partial charge is 0.0544 e. The molecule has 0 spiro atoms. The minimum absolute atomic E-state index is 1.03. The molecule has 0 amide bonds. The number of nitrogens with zero attached hydrogens (tertiary/aromatic N) is 2. The lowest BCUT2D eigenvalue weighted by Crippen LogP contribution is -2.03. The van der Waals surface area contributed by atoms with E-state index < -0.39 is 0 Å². The Kier molecular flexibility index (Phi) is 7.08. The second kappa shape index (κ2) is 12.1. The standard InChI is InChI=1S/C48H40N2/c1-3-14-33(15-4-1)35-28-30-37(31-29-35)49-43-24-9-7-20-41(43)47-39(22-12-26-45(47)49)40-23-13-27-46-48(40)42-21-8-10-25-44(42)50(46)38-19-11-18-36(32-38)34-16-5-2-6-17-34/h1,3,5,7-10,12-14,16-18,20-28,30,32H,2,4,6,11,15,19,29,31H2. The molecule has 0 N–H and O–H groups in total. The molecule has 2 nitrogen and oxygen atoms in total. The summed E-state index contributed by atoms with van der Waals surface area (Å²) in [5.74, 6) is 0. The van der Waals surface area contributed by atoms with Crippen LogP contribution in [0.2, 0.25) is 0 Å². The van der Waals surface area contributed by atoms with Crippen molar-refractivity contribution in [1.29, 1.82) is 0 Å². The SMILES string of the molecule is C1=CCCC(C2=CC=C(n3c4ccccc4c4c(-c5cccc6c5c5ccccc5n6C5=CC(C6=CCCC=C6)=CCC5)cccc43)CC2)=C1. The maximum atomic E-state index is 2.55. The Labute approximate surface area is 293 Å². The van der Waals surface area contributed by atoms with E-state index in [1.807, 2.05) is 0 Å². The number of allylic oxidation sites excluding steroid dienone is 16. The maximum absolute atomic E-state index is 2.55. The van der Waals surface area contributed by atoms with Gasteiger partial charge in [-0.25, -0.2) is 0 Å². The summed E-state index contributed by atoms with van der Waals surface area (Å²) in [5.41, 5.74) is 16.2. The summed E-state index contributed by atoms with van der Waals surface area (Å²) < 4.78 is 5.08. The quantitative estimate of drug-likeness (QED) is 0.177. The minimum Gasteiger partial charge on any atom is -0.313 e. The Balaban J connectivity index is 1.18. The van der Waals surface area contributed by atoms with Crippen molar-refractivity contribution in [2.45, 2.75) is 51.4 Å². The van der Waals surface area contributed by atoms with Gasteiger partial charge in [0.15, 0.2) is 0 Å². The number of fused-ring (bicyclic) bond motifs is 6. The van der Waals surface area contributed by atoms with Gasteiger partial charge in [0.05, 0.1) is 22.1 Å². The second-order valence-electron chi connectivity index (χ2n) is 14.1. The fourth-order valence-electron chi connectivity index (χ4n) is 8.95. The lowest BCUT2D eigenvalue weighted by Gasteiger charge is -2.20. The summed E-state index contributed by atoms with van der Waals surface area (Å²) in [7, 11) is 0. The monoisotopic (exact) mass is 644 g/mol. The molecule has 10 rings (SSSR count). The van der Waals surface area contributed by atoms with Crippen LogP contribution < -0.4 is 0 Å². The van der Waals surface area contributed by atoms with E-state index >= 15 is 0 Å².